The zero-order chi connectivity index (χ0) is 12.4. The summed E-state index contributed by atoms with van der Waals surface area (Å²) in [6, 6.07) is 2.18. The van der Waals surface area contributed by atoms with Crippen LogP contribution < -0.4 is 5.32 Å². The standard InChI is InChI=1S/C11H18N6/c1-5-8-6-9(16(3)14-8)11(12-2)10-7-13-15-17(10)4/h6-7,11-12H,5H2,1-4H3. The second-order valence-corrected chi connectivity index (χ2v) is 4.04. The van der Waals surface area contributed by atoms with E-state index in [4.69, 9.17) is 0 Å². The number of hydrogen-bond donors (Lipinski definition) is 1. The average Bonchev–Trinajstić information content (AvgIpc) is 2.88. The van der Waals surface area contributed by atoms with Crippen LogP contribution in [-0.2, 0) is 20.5 Å². The van der Waals surface area contributed by atoms with Crippen molar-refractivity contribution in [3.05, 3.63) is 29.3 Å². The molecule has 0 radical (unpaired) electrons. The van der Waals surface area contributed by atoms with Crippen molar-refractivity contribution < 1.29 is 0 Å². The van der Waals surface area contributed by atoms with Crippen molar-refractivity contribution in [3.8, 4) is 0 Å². The molecule has 17 heavy (non-hydrogen) atoms. The molecule has 6 heteroatoms. The zero-order valence-electron chi connectivity index (χ0n) is 10.7. The van der Waals surface area contributed by atoms with Crippen molar-refractivity contribution in [2.24, 2.45) is 14.1 Å². The summed E-state index contributed by atoms with van der Waals surface area (Å²) in [5.41, 5.74) is 3.24. The van der Waals surface area contributed by atoms with Crippen LogP contribution in [-0.4, -0.2) is 31.8 Å². The molecule has 0 bridgehead atoms. The number of aryl methyl sites for hydroxylation is 3. The Morgan fingerprint density at radius 1 is 1.29 bits per heavy atom. The number of aromatic nitrogens is 5. The van der Waals surface area contributed by atoms with Crippen LogP contribution in [0.3, 0.4) is 0 Å². The molecular weight excluding hydrogens is 216 g/mol. The maximum Gasteiger partial charge on any atom is 0.0932 e. The Balaban J connectivity index is 2.42. The second-order valence-electron chi connectivity index (χ2n) is 4.04. The van der Waals surface area contributed by atoms with Crippen molar-refractivity contribution in [2.45, 2.75) is 19.4 Å². The van der Waals surface area contributed by atoms with Crippen molar-refractivity contribution in [2.75, 3.05) is 7.05 Å². The maximum absolute atomic E-state index is 4.46. The topological polar surface area (TPSA) is 60.6 Å². The minimum Gasteiger partial charge on any atom is -0.307 e. The molecule has 0 amide bonds. The zero-order valence-corrected chi connectivity index (χ0v) is 10.7. The smallest absolute Gasteiger partial charge is 0.0932 e. The normalized spacial score (nSPS) is 12.9. The molecule has 6 nitrogen and oxygen atoms in total. The highest BCUT2D eigenvalue weighted by molar-refractivity contribution is 5.22. The minimum atomic E-state index is 0.0628. The van der Waals surface area contributed by atoms with Gasteiger partial charge in [-0.25, -0.2) is 0 Å². The van der Waals surface area contributed by atoms with Gasteiger partial charge in [0.2, 0.25) is 0 Å². The van der Waals surface area contributed by atoms with Crippen LogP contribution in [0.1, 0.15) is 30.0 Å². The Hall–Kier alpha value is -1.69. The first-order valence-corrected chi connectivity index (χ1v) is 5.72. The molecule has 0 saturated carbocycles. The summed E-state index contributed by atoms with van der Waals surface area (Å²) in [7, 11) is 5.78. The molecule has 0 aromatic carbocycles. The number of nitrogens with zero attached hydrogens (tertiary/aromatic N) is 5. The van der Waals surface area contributed by atoms with E-state index in [0.717, 1.165) is 23.5 Å². The fourth-order valence-electron chi connectivity index (χ4n) is 1.99. The molecule has 2 heterocycles. The van der Waals surface area contributed by atoms with E-state index in [1.54, 1.807) is 10.9 Å². The highest BCUT2D eigenvalue weighted by Crippen LogP contribution is 2.20. The lowest BCUT2D eigenvalue weighted by atomic mass is 10.1. The van der Waals surface area contributed by atoms with Crippen molar-refractivity contribution in [1.29, 1.82) is 0 Å². The van der Waals surface area contributed by atoms with Gasteiger partial charge in [0.05, 0.1) is 29.3 Å². The summed E-state index contributed by atoms with van der Waals surface area (Å²) in [6.07, 6.45) is 2.72. The molecular formula is C11H18N6. The lowest BCUT2D eigenvalue weighted by Crippen LogP contribution is -2.23. The van der Waals surface area contributed by atoms with Gasteiger partial charge in [0.15, 0.2) is 0 Å². The number of hydrogen-bond acceptors (Lipinski definition) is 4. The van der Waals surface area contributed by atoms with Crippen LogP contribution in [0.15, 0.2) is 12.3 Å². The van der Waals surface area contributed by atoms with Crippen LogP contribution in [0.25, 0.3) is 0 Å². The van der Waals surface area contributed by atoms with E-state index < -0.39 is 0 Å². The third-order valence-corrected chi connectivity index (χ3v) is 2.96. The first kappa shape index (κ1) is 11.8. The van der Waals surface area contributed by atoms with Crippen LogP contribution >= 0.6 is 0 Å². The molecule has 92 valence electrons. The van der Waals surface area contributed by atoms with Crippen LogP contribution in [0.4, 0.5) is 0 Å². The largest absolute Gasteiger partial charge is 0.307 e. The van der Waals surface area contributed by atoms with E-state index in [-0.39, 0.29) is 6.04 Å². The van der Waals surface area contributed by atoms with Crippen molar-refractivity contribution in [3.63, 3.8) is 0 Å². The second kappa shape index (κ2) is 4.67. The Morgan fingerprint density at radius 3 is 2.53 bits per heavy atom. The maximum atomic E-state index is 4.46. The molecule has 0 fully saturated rings. The Kier molecular flexibility index (Phi) is 3.23. The fourth-order valence-corrected chi connectivity index (χ4v) is 1.99. The first-order chi connectivity index (χ1) is 8.17. The molecule has 2 rings (SSSR count). The van der Waals surface area contributed by atoms with Crippen molar-refractivity contribution in [1.82, 2.24) is 30.1 Å². The molecule has 1 atom stereocenters. The Labute approximate surface area is 101 Å². The van der Waals surface area contributed by atoms with Crippen LogP contribution in [0.2, 0.25) is 0 Å². The Bertz CT molecular complexity index is 498. The summed E-state index contributed by atoms with van der Waals surface area (Å²) >= 11 is 0. The van der Waals surface area contributed by atoms with E-state index >= 15 is 0 Å². The van der Waals surface area contributed by atoms with E-state index in [2.05, 4.69) is 33.7 Å². The van der Waals surface area contributed by atoms with E-state index in [1.807, 2.05) is 25.8 Å². The molecule has 2 aromatic rings. The quantitative estimate of drug-likeness (QED) is 0.833. The van der Waals surface area contributed by atoms with Gasteiger partial charge in [-0.05, 0) is 19.5 Å². The molecule has 0 aliphatic rings. The third kappa shape index (κ3) is 2.08. The van der Waals surface area contributed by atoms with Gasteiger partial charge < -0.3 is 5.32 Å². The number of nitrogens with one attached hydrogen (secondary N) is 1. The van der Waals surface area contributed by atoms with Gasteiger partial charge in [0.1, 0.15) is 0 Å². The highest BCUT2D eigenvalue weighted by atomic mass is 15.4. The highest BCUT2D eigenvalue weighted by Gasteiger charge is 2.20. The van der Waals surface area contributed by atoms with E-state index in [1.165, 1.54) is 0 Å². The molecule has 0 aliphatic carbocycles. The molecule has 1 unspecified atom stereocenters. The van der Waals surface area contributed by atoms with Gasteiger partial charge >= 0.3 is 0 Å². The monoisotopic (exact) mass is 234 g/mol. The average molecular weight is 234 g/mol. The van der Waals surface area contributed by atoms with E-state index in [0.29, 0.717) is 0 Å². The minimum absolute atomic E-state index is 0.0628. The third-order valence-electron chi connectivity index (χ3n) is 2.96. The van der Waals surface area contributed by atoms with Gasteiger partial charge in [-0.15, -0.1) is 5.10 Å². The Morgan fingerprint density at radius 2 is 2.06 bits per heavy atom. The summed E-state index contributed by atoms with van der Waals surface area (Å²) in [5, 5.41) is 15.6. The predicted octanol–water partition coefficient (Wildman–Crippen LogP) is 0.420. The predicted molar refractivity (Wildman–Crippen MR) is 64.5 cm³/mol. The molecule has 0 spiro atoms. The van der Waals surface area contributed by atoms with Gasteiger partial charge in [-0.3, -0.25) is 9.36 Å². The number of rotatable bonds is 4. The summed E-state index contributed by atoms with van der Waals surface area (Å²) in [4.78, 5) is 0. The molecule has 0 aliphatic heterocycles. The lowest BCUT2D eigenvalue weighted by molar-refractivity contribution is 0.556. The van der Waals surface area contributed by atoms with E-state index in [9.17, 15) is 0 Å². The SMILES string of the molecule is CCc1cc(C(NC)c2cnnn2C)n(C)n1. The lowest BCUT2D eigenvalue weighted by Gasteiger charge is -2.15. The van der Waals surface area contributed by atoms with Crippen molar-refractivity contribution >= 4 is 0 Å². The molecule has 2 aromatic heterocycles. The van der Waals surface area contributed by atoms with Gasteiger partial charge in [0, 0.05) is 14.1 Å². The fraction of sp³-hybridized carbons (Fsp3) is 0.545. The molecule has 0 saturated heterocycles. The van der Waals surface area contributed by atoms with Crippen LogP contribution in [0, 0.1) is 0 Å². The summed E-state index contributed by atoms with van der Waals surface area (Å²) < 4.78 is 3.69. The summed E-state index contributed by atoms with van der Waals surface area (Å²) in [5.74, 6) is 0. The van der Waals surface area contributed by atoms with Crippen LogP contribution in [0.5, 0.6) is 0 Å². The molecule has 1 N–H and O–H groups in total. The van der Waals surface area contributed by atoms with Gasteiger partial charge in [0.25, 0.3) is 0 Å². The van der Waals surface area contributed by atoms with Gasteiger partial charge in [-0.1, -0.05) is 12.1 Å². The first-order valence-electron chi connectivity index (χ1n) is 5.72. The summed E-state index contributed by atoms with van der Waals surface area (Å²) in [6.45, 7) is 2.10. The van der Waals surface area contributed by atoms with Gasteiger partial charge in [-0.2, -0.15) is 5.10 Å².